The van der Waals surface area contributed by atoms with Crippen molar-refractivity contribution < 1.29 is 13.2 Å². The highest BCUT2D eigenvalue weighted by Gasteiger charge is 2.19. The Hall–Kier alpha value is -1.24. The summed E-state index contributed by atoms with van der Waals surface area (Å²) < 4.78 is 32.9. The molecule has 96 valence electrons. The monoisotopic (exact) mass is 316 g/mol. The number of nitrogens with one attached hydrogen (secondary N) is 1. The summed E-state index contributed by atoms with van der Waals surface area (Å²) in [6, 6.07) is 6.63. The number of hydrogen-bond acceptors (Lipinski definition) is 3. The maximum absolute atomic E-state index is 13.5. The first-order valence-electron chi connectivity index (χ1n) is 5.26. The molecule has 0 saturated carbocycles. The van der Waals surface area contributed by atoms with Crippen LogP contribution in [-0.4, -0.2) is 0 Å². The van der Waals surface area contributed by atoms with Crippen molar-refractivity contribution in [1.82, 2.24) is 5.43 Å². The lowest BCUT2D eigenvalue weighted by Gasteiger charge is -2.14. The van der Waals surface area contributed by atoms with E-state index >= 15 is 0 Å². The van der Waals surface area contributed by atoms with Gasteiger partial charge in [0.1, 0.15) is 17.4 Å². The molecule has 1 heterocycles. The summed E-state index contributed by atoms with van der Waals surface area (Å²) in [7, 11) is 0. The van der Waals surface area contributed by atoms with Crippen LogP contribution in [0.3, 0.4) is 0 Å². The van der Waals surface area contributed by atoms with Crippen LogP contribution in [0, 0.1) is 11.6 Å². The van der Waals surface area contributed by atoms with Crippen molar-refractivity contribution in [2.45, 2.75) is 12.5 Å². The molecule has 0 aliphatic heterocycles. The van der Waals surface area contributed by atoms with Gasteiger partial charge in [0, 0.05) is 12.0 Å². The van der Waals surface area contributed by atoms with Gasteiger partial charge in [0.2, 0.25) is 0 Å². The molecule has 1 aromatic heterocycles. The van der Waals surface area contributed by atoms with Gasteiger partial charge in [-0.1, -0.05) is 6.07 Å². The Kier molecular flexibility index (Phi) is 4.11. The average Bonchev–Trinajstić information content (AvgIpc) is 2.76. The van der Waals surface area contributed by atoms with Crippen molar-refractivity contribution in [3.05, 3.63) is 58.0 Å². The fraction of sp³-hybridized carbons (Fsp3) is 0.167. The second-order valence-corrected chi connectivity index (χ2v) is 4.55. The zero-order valence-electron chi connectivity index (χ0n) is 9.29. The molecular weight excluding hydrogens is 306 g/mol. The van der Waals surface area contributed by atoms with Crippen molar-refractivity contribution in [3.8, 4) is 0 Å². The zero-order chi connectivity index (χ0) is 13.1. The Morgan fingerprint density at radius 3 is 2.39 bits per heavy atom. The molecule has 2 aromatic rings. The quantitative estimate of drug-likeness (QED) is 0.673. The minimum Gasteiger partial charge on any atom is -0.453 e. The maximum Gasteiger partial charge on any atom is 0.169 e. The molecule has 0 spiro atoms. The lowest BCUT2D eigenvalue weighted by molar-refractivity contribution is 0.396. The number of halogens is 3. The first kappa shape index (κ1) is 13.2. The van der Waals surface area contributed by atoms with Gasteiger partial charge in [0.25, 0.3) is 0 Å². The van der Waals surface area contributed by atoms with E-state index in [1.165, 1.54) is 18.2 Å². The lowest BCUT2D eigenvalue weighted by atomic mass is 10.0. The van der Waals surface area contributed by atoms with Crippen LogP contribution < -0.4 is 11.3 Å². The third-order valence-corrected chi connectivity index (χ3v) is 3.03. The van der Waals surface area contributed by atoms with E-state index in [4.69, 9.17) is 10.3 Å². The molecule has 0 aliphatic rings. The predicted octanol–water partition coefficient (Wildman–Crippen LogP) is 3.07. The van der Waals surface area contributed by atoms with Crippen molar-refractivity contribution in [2.24, 2.45) is 5.84 Å². The van der Waals surface area contributed by atoms with Crippen LogP contribution in [0.4, 0.5) is 8.78 Å². The molecule has 0 bridgehead atoms. The number of hydrogen-bond donors (Lipinski definition) is 2. The summed E-state index contributed by atoms with van der Waals surface area (Å²) in [5.74, 6) is 4.71. The van der Waals surface area contributed by atoms with Crippen LogP contribution in [0.2, 0.25) is 0 Å². The van der Waals surface area contributed by atoms with Gasteiger partial charge in [-0.05, 0) is 40.2 Å². The predicted molar refractivity (Wildman–Crippen MR) is 66.5 cm³/mol. The Bertz CT molecular complexity index is 524. The molecule has 18 heavy (non-hydrogen) atoms. The summed E-state index contributed by atoms with van der Waals surface area (Å²) >= 11 is 3.16. The summed E-state index contributed by atoms with van der Waals surface area (Å²) in [5.41, 5.74) is 2.47. The Balaban J connectivity index is 2.26. The maximum atomic E-state index is 13.5. The van der Waals surface area contributed by atoms with Crippen molar-refractivity contribution in [2.75, 3.05) is 0 Å². The molecule has 0 saturated heterocycles. The van der Waals surface area contributed by atoms with Gasteiger partial charge in [-0.15, -0.1) is 0 Å². The van der Waals surface area contributed by atoms with Gasteiger partial charge in [0.15, 0.2) is 4.67 Å². The topological polar surface area (TPSA) is 51.2 Å². The smallest absolute Gasteiger partial charge is 0.169 e. The summed E-state index contributed by atoms with van der Waals surface area (Å²) in [4.78, 5) is 0. The normalized spacial score (nSPS) is 12.7. The first-order valence-corrected chi connectivity index (χ1v) is 6.05. The number of hydrazine groups is 1. The van der Waals surface area contributed by atoms with E-state index in [0.29, 0.717) is 10.4 Å². The minimum absolute atomic E-state index is 0.0204. The fourth-order valence-corrected chi connectivity index (χ4v) is 2.01. The van der Waals surface area contributed by atoms with Crippen molar-refractivity contribution in [3.63, 3.8) is 0 Å². The van der Waals surface area contributed by atoms with Crippen molar-refractivity contribution >= 4 is 15.9 Å². The molecule has 0 amide bonds. The van der Waals surface area contributed by atoms with Gasteiger partial charge in [0.05, 0.1) is 6.04 Å². The van der Waals surface area contributed by atoms with E-state index in [1.54, 1.807) is 12.1 Å². The third-order valence-electron chi connectivity index (χ3n) is 2.61. The molecule has 1 atom stereocenters. The zero-order valence-corrected chi connectivity index (χ0v) is 10.9. The van der Waals surface area contributed by atoms with Gasteiger partial charge in [-0.3, -0.25) is 5.84 Å². The van der Waals surface area contributed by atoms with Crippen molar-refractivity contribution in [1.29, 1.82) is 0 Å². The van der Waals surface area contributed by atoms with Gasteiger partial charge >= 0.3 is 0 Å². The first-order chi connectivity index (χ1) is 8.61. The largest absolute Gasteiger partial charge is 0.453 e. The summed E-state index contributed by atoms with van der Waals surface area (Å²) in [6.07, 6.45) is 0.0644. The number of nitrogens with two attached hydrogens (primary N) is 1. The highest BCUT2D eigenvalue weighted by Crippen LogP contribution is 2.25. The van der Waals surface area contributed by atoms with Crippen LogP contribution in [0.1, 0.15) is 17.4 Å². The van der Waals surface area contributed by atoms with E-state index in [9.17, 15) is 8.78 Å². The second-order valence-electron chi connectivity index (χ2n) is 3.77. The molecule has 0 fully saturated rings. The molecule has 6 heteroatoms. The minimum atomic E-state index is -0.596. The fourth-order valence-electron chi connectivity index (χ4n) is 1.69. The van der Waals surface area contributed by atoms with E-state index in [2.05, 4.69) is 21.4 Å². The molecule has 1 aromatic carbocycles. The van der Waals surface area contributed by atoms with Gasteiger partial charge in [-0.25, -0.2) is 14.2 Å². The van der Waals surface area contributed by atoms with Crippen LogP contribution >= 0.6 is 15.9 Å². The Morgan fingerprint density at radius 2 is 1.89 bits per heavy atom. The van der Waals surface area contributed by atoms with Gasteiger partial charge in [-0.2, -0.15) is 0 Å². The molecule has 3 nitrogen and oxygen atoms in total. The molecule has 2 rings (SSSR count). The number of rotatable bonds is 4. The lowest BCUT2D eigenvalue weighted by Crippen LogP contribution is -2.29. The third kappa shape index (κ3) is 2.77. The van der Waals surface area contributed by atoms with Crippen LogP contribution in [0.25, 0.3) is 0 Å². The van der Waals surface area contributed by atoms with Crippen LogP contribution in [0.5, 0.6) is 0 Å². The molecular formula is C12H11BrF2N2O. The molecule has 1 unspecified atom stereocenters. The number of furan rings is 1. The van der Waals surface area contributed by atoms with Gasteiger partial charge < -0.3 is 4.42 Å². The second kappa shape index (κ2) is 5.60. The SMILES string of the molecule is NNC(Cc1c(F)cccc1F)c1ccc(Br)o1. The van der Waals surface area contributed by atoms with E-state index in [0.717, 1.165) is 0 Å². The standard InChI is InChI=1S/C12H11BrF2N2O/c13-12-5-4-11(18-12)10(17-16)6-7-8(14)2-1-3-9(7)15/h1-5,10,17H,6,16H2. The van der Waals surface area contributed by atoms with Crippen LogP contribution in [0.15, 0.2) is 39.4 Å². The molecule has 3 N–H and O–H groups in total. The Morgan fingerprint density at radius 1 is 1.22 bits per heavy atom. The number of benzene rings is 1. The summed E-state index contributed by atoms with van der Waals surface area (Å²) in [6.45, 7) is 0. The molecule has 0 radical (unpaired) electrons. The van der Waals surface area contributed by atoms with Crippen LogP contribution in [-0.2, 0) is 6.42 Å². The van der Waals surface area contributed by atoms with E-state index < -0.39 is 17.7 Å². The molecule has 0 aliphatic carbocycles. The van der Waals surface area contributed by atoms with E-state index in [1.807, 2.05) is 0 Å². The average molecular weight is 317 g/mol. The highest BCUT2D eigenvalue weighted by atomic mass is 79.9. The highest BCUT2D eigenvalue weighted by molar-refractivity contribution is 9.10. The Labute approximate surface area is 111 Å². The summed E-state index contributed by atoms with van der Waals surface area (Å²) in [5, 5.41) is 0. The van der Waals surface area contributed by atoms with E-state index in [-0.39, 0.29) is 12.0 Å².